The Morgan fingerprint density at radius 3 is 2.50 bits per heavy atom. The first-order valence-electron chi connectivity index (χ1n) is 6.61. The fourth-order valence-corrected chi connectivity index (χ4v) is 2.59. The molecule has 3 rings (SSSR count). The third-order valence-electron chi connectivity index (χ3n) is 3.37. The molecule has 0 aliphatic carbocycles. The number of H-pyrrole nitrogens is 1. The molecular formula is C16H17N3O. The smallest absolute Gasteiger partial charge is 0.230 e. The van der Waals surface area contributed by atoms with Gasteiger partial charge in [-0.05, 0) is 51.0 Å². The highest BCUT2D eigenvalue weighted by atomic mass is 16.3. The topological polar surface area (TPSA) is 54.2 Å². The predicted octanol–water partition coefficient (Wildman–Crippen LogP) is 3.80. The van der Waals surface area contributed by atoms with Crippen molar-refractivity contribution >= 4 is 11.3 Å². The zero-order chi connectivity index (χ0) is 14.3. The van der Waals surface area contributed by atoms with Gasteiger partial charge in [0.15, 0.2) is 0 Å². The number of oxazole rings is 1. The highest BCUT2D eigenvalue weighted by Gasteiger charge is 2.22. The Morgan fingerprint density at radius 2 is 2.00 bits per heavy atom. The van der Waals surface area contributed by atoms with Crippen molar-refractivity contribution < 1.29 is 4.42 Å². The summed E-state index contributed by atoms with van der Waals surface area (Å²) in [5.41, 5.74) is 7.27. The van der Waals surface area contributed by atoms with E-state index in [2.05, 4.69) is 41.0 Å². The van der Waals surface area contributed by atoms with Crippen molar-refractivity contribution in [2.75, 3.05) is 0 Å². The van der Waals surface area contributed by atoms with Crippen molar-refractivity contribution in [1.29, 1.82) is 0 Å². The molecule has 1 aliphatic rings. The minimum atomic E-state index is 0.594. The Labute approximate surface area is 118 Å². The molecule has 0 radical (unpaired) electrons. The average Bonchev–Trinajstić information content (AvgIpc) is 3.05. The third kappa shape index (κ3) is 2.03. The summed E-state index contributed by atoms with van der Waals surface area (Å²) >= 11 is 0. The lowest BCUT2D eigenvalue weighted by atomic mass is 10.0. The minimum absolute atomic E-state index is 0.594. The van der Waals surface area contributed by atoms with Crippen molar-refractivity contribution in [2.24, 2.45) is 4.99 Å². The molecular weight excluding hydrogens is 250 g/mol. The summed E-state index contributed by atoms with van der Waals surface area (Å²) in [4.78, 5) is 12.3. The quantitative estimate of drug-likeness (QED) is 0.899. The van der Waals surface area contributed by atoms with Crippen molar-refractivity contribution in [1.82, 2.24) is 9.97 Å². The van der Waals surface area contributed by atoms with Gasteiger partial charge in [-0.2, -0.15) is 0 Å². The second-order valence-corrected chi connectivity index (χ2v) is 5.15. The van der Waals surface area contributed by atoms with Crippen molar-refractivity contribution in [2.45, 2.75) is 27.7 Å². The molecule has 20 heavy (non-hydrogen) atoms. The number of hydrogen-bond acceptors (Lipinski definition) is 3. The van der Waals surface area contributed by atoms with Crippen LogP contribution in [0.1, 0.15) is 36.7 Å². The molecule has 4 nitrogen and oxygen atoms in total. The van der Waals surface area contributed by atoms with E-state index in [9.17, 15) is 0 Å². The molecule has 0 fully saturated rings. The molecule has 1 N–H and O–H groups in total. The number of hydrogen-bond donors (Lipinski definition) is 1. The maximum absolute atomic E-state index is 5.52. The van der Waals surface area contributed by atoms with Crippen LogP contribution in [0.25, 0.3) is 5.57 Å². The Kier molecular flexibility index (Phi) is 2.93. The molecule has 0 aromatic carbocycles. The summed E-state index contributed by atoms with van der Waals surface area (Å²) in [6.45, 7) is 8.17. The predicted molar refractivity (Wildman–Crippen MR) is 79.7 cm³/mol. The summed E-state index contributed by atoms with van der Waals surface area (Å²) in [5.74, 6) is 0.594. The molecule has 3 heterocycles. The number of allylic oxidation sites excluding steroid dienone is 2. The van der Waals surface area contributed by atoms with Crippen LogP contribution in [0.2, 0.25) is 0 Å². The monoisotopic (exact) mass is 267 g/mol. The Hall–Kier alpha value is -2.36. The van der Waals surface area contributed by atoms with Crippen LogP contribution in [-0.4, -0.2) is 15.7 Å². The van der Waals surface area contributed by atoms with Crippen molar-refractivity contribution in [3.8, 4) is 0 Å². The molecule has 2 aromatic heterocycles. The second-order valence-electron chi connectivity index (χ2n) is 5.15. The molecule has 0 bridgehead atoms. The van der Waals surface area contributed by atoms with Gasteiger partial charge in [0.1, 0.15) is 6.26 Å². The van der Waals surface area contributed by atoms with E-state index in [-0.39, 0.29) is 0 Å². The number of aromatic nitrogens is 2. The summed E-state index contributed by atoms with van der Waals surface area (Å²) < 4.78 is 5.52. The molecule has 4 heteroatoms. The third-order valence-corrected chi connectivity index (χ3v) is 3.37. The maximum atomic E-state index is 5.52. The number of rotatable bonds is 2. The highest BCUT2D eigenvalue weighted by molar-refractivity contribution is 6.00. The first-order chi connectivity index (χ1) is 9.56. The van der Waals surface area contributed by atoms with Crippen LogP contribution >= 0.6 is 0 Å². The van der Waals surface area contributed by atoms with E-state index in [4.69, 9.17) is 4.42 Å². The normalized spacial score (nSPS) is 17.2. The van der Waals surface area contributed by atoms with E-state index in [1.165, 1.54) is 0 Å². The van der Waals surface area contributed by atoms with E-state index >= 15 is 0 Å². The van der Waals surface area contributed by atoms with E-state index in [1.807, 2.05) is 13.8 Å². The van der Waals surface area contributed by atoms with Crippen LogP contribution < -0.4 is 0 Å². The summed E-state index contributed by atoms with van der Waals surface area (Å²) in [6, 6.07) is 2.11. The van der Waals surface area contributed by atoms with Crippen LogP contribution in [0.4, 0.5) is 0 Å². The molecule has 0 amide bonds. The lowest BCUT2D eigenvalue weighted by Gasteiger charge is -2.07. The van der Waals surface area contributed by atoms with Crippen LogP contribution in [0, 0.1) is 13.8 Å². The summed E-state index contributed by atoms with van der Waals surface area (Å²) in [5, 5.41) is 0. The van der Waals surface area contributed by atoms with Gasteiger partial charge in [-0.1, -0.05) is 0 Å². The van der Waals surface area contributed by atoms with E-state index < -0.39 is 0 Å². The fourth-order valence-electron chi connectivity index (χ4n) is 2.59. The fraction of sp³-hybridized carbons (Fsp3) is 0.250. The van der Waals surface area contributed by atoms with Gasteiger partial charge in [-0.3, -0.25) is 4.99 Å². The van der Waals surface area contributed by atoms with Gasteiger partial charge >= 0.3 is 0 Å². The number of nitrogens with one attached hydrogen (secondary N) is 1. The minimum Gasteiger partial charge on any atom is -0.444 e. The van der Waals surface area contributed by atoms with Gasteiger partial charge in [0.2, 0.25) is 5.89 Å². The van der Waals surface area contributed by atoms with E-state index in [1.54, 1.807) is 12.5 Å². The van der Waals surface area contributed by atoms with E-state index in [0.717, 1.165) is 39.5 Å². The lowest BCUT2D eigenvalue weighted by molar-refractivity contribution is 0.542. The van der Waals surface area contributed by atoms with Gasteiger partial charge in [0, 0.05) is 11.4 Å². The summed E-state index contributed by atoms with van der Waals surface area (Å²) in [7, 11) is 0. The maximum Gasteiger partial charge on any atom is 0.230 e. The lowest BCUT2D eigenvalue weighted by Crippen LogP contribution is -1.96. The molecule has 0 unspecified atom stereocenters. The molecule has 0 saturated heterocycles. The number of nitrogens with zero attached hydrogens (tertiary/aromatic N) is 2. The molecule has 2 aromatic rings. The number of aliphatic imine (C=N–C) groups is 1. The Bertz CT molecular complexity index is 743. The molecule has 0 saturated carbocycles. The molecule has 0 atom stereocenters. The summed E-state index contributed by atoms with van der Waals surface area (Å²) in [6.07, 6.45) is 5.32. The van der Waals surface area contributed by atoms with Gasteiger partial charge in [-0.15, -0.1) is 0 Å². The van der Waals surface area contributed by atoms with Crippen LogP contribution in [-0.2, 0) is 0 Å². The average molecular weight is 267 g/mol. The van der Waals surface area contributed by atoms with Gasteiger partial charge in [-0.25, -0.2) is 4.98 Å². The van der Waals surface area contributed by atoms with Crippen molar-refractivity contribution in [3.05, 3.63) is 58.7 Å². The van der Waals surface area contributed by atoms with Gasteiger partial charge in [0.05, 0.1) is 23.2 Å². The van der Waals surface area contributed by atoms with Gasteiger partial charge in [0.25, 0.3) is 0 Å². The largest absolute Gasteiger partial charge is 0.444 e. The second kappa shape index (κ2) is 4.63. The molecule has 102 valence electrons. The number of aromatic amines is 1. The van der Waals surface area contributed by atoms with E-state index in [0.29, 0.717) is 5.89 Å². The Balaban J connectivity index is 2.29. The van der Waals surface area contributed by atoms with Crippen molar-refractivity contribution in [3.63, 3.8) is 0 Å². The Morgan fingerprint density at radius 1 is 1.20 bits per heavy atom. The zero-order valence-corrected chi connectivity index (χ0v) is 12.1. The standard InChI is InChI=1S/C16H17N3O/c1-9-7-11(3)18-14(9)13(16-17-5-6-20-16)15-10(2)8-12(4)19-15/h5-8,18H,1-4H3. The van der Waals surface area contributed by atoms with Crippen LogP contribution in [0.15, 0.2) is 45.3 Å². The molecule has 0 spiro atoms. The van der Waals surface area contributed by atoms with Crippen LogP contribution in [0.5, 0.6) is 0 Å². The van der Waals surface area contributed by atoms with Gasteiger partial charge < -0.3 is 9.40 Å². The highest BCUT2D eigenvalue weighted by Crippen LogP contribution is 2.34. The zero-order valence-electron chi connectivity index (χ0n) is 12.1. The first-order valence-corrected chi connectivity index (χ1v) is 6.61. The molecule has 1 aliphatic heterocycles. The number of aryl methyl sites for hydroxylation is 2. The first kappa shape index (κ1) is 12.7. The van der Waals surface area contributed by atoms with Crippen LogP contribution in [0.3, 0.4) is 0 Å². The SMILES string of the molecule is CC1=CC(C)=NC1=C(c1ncco1)c1[nH]c(C)cc1C.